The Morgan fingerprint density at radius 1 is 0.955 bits per heavy atom. The first-order valence-corrected chi connectivity index (χ1v) is 7.13. The van der Waals surface area contributed by atoms with Crippen molar-refractivity contribution < 1.29 is 0 Å². The number of aromatic nitrogens is 2. The van der Waals surface area contributed by atoms with E-state index in [2.05, 4.69) is 27.6 Å². The minimum atomic E-state index is -0.311. The standard InChI is InChI=1S/C17H17N3O2/c1-10-6-8-12(9-7-10)11(2)18-14-5-3-4-13-15(14)17(22)20-19-16(13)21/h3-9,11,18H,1-2H3,(H,19,21)(H,20,22). The van der Waals surface area contributed by atoms with Gasteiger partial charge < -0.3 is 5.32 Å². The number of nitrogens with one attached hydrogen (secondary N) is 3. The molecule has 0 amide bonds. The molecule has 3 N–H and O–H groups in total. The Balaban J connectivity index is 2.04. The maximum Gasteiger partial charge on any atom is 0.272 e. The first kappa shape index (κ1) is 14.1. The van der Waals surface area contributed by atoms with Gasteiger partial charge in [0.25, 0.3) is 11.1 Å². The van der Waals surface area contributed by atoms with Crippen LogP contribution in [0, 0.1) is 6.92 Å². The molecule has 0 aliphatic carbocycles. The number of fused-ring (bicyclic) bond motifs is 1. The van der Waals surface area contributed by atoms with Crippen LogP contribution < -0.4 is 16.4 Å². The Morgan fingerprint density at radius 3 is 2.36 bits per heavy atom. The van der Waals surface area contributed by atoms with E-state index in [1.165, 1.54) is 5.56 Å². The lowest BCUT2D eigenvalue weighted by molar-refractivity contribution is 0.884. The normalized spacial score (nSPS) is 12.3. The van der Waals surface area contributed by atoms with Crippen molar-refractivity contribution in [1.82, 2.24) is 10.2 Å². The molecule has 3 rings (SSSR count). The SMILES string of the molecule is Cc1ccc(C(C)Nc2cccc3c(=O)[nH][nH]c(=O)c23)cc1. The van der Waals surface area contributed by atoms with Gasteiger partial charge in [-0.15, -0.1) is 0 Å². The monoisotopic (exact) mass is 295 g/mol. The van der Waals surface area contributed by atoms with Crippen LogP contribution in [0.5, 0.6) is 0 Å². The number of benzene rings is 2. The van der Waals surface area contributed by atoms with Gasteiger partial charge in [0.05, 0.1) is 10.8 Å². The van der Waals surface area contributed by atoms with Gasteiger partial charge in [-0.1, -0.05) is 35.9 Å². The van der Waals surface area contributed by atoms with Crippen LogP contribution in [-0.2, 0) is 0 Å². The fourth-order valence-corrected chi connectivity index (χ4v) is 2.52. The molecule has 1 heterocycles. The van der Waals surface area contributed by atoms with Gasteiger partial charge in [-0.25, -0.2) is 0 Å². The first-order chi connectivity index (χ1) is 10.6. The second-order valence-electron chi connectivity index (χ2n) is 5.41. The van der Waals surface area contributed by atoms with E-state index in [9.17, 15) is 9.59 Å². The highest BCUT2D eigenvalue weighted by Crippen LogP contribution is 2.23. The third-order valence-corrected chi connectivity index (χ3v) is 3.78. The van der Waals surface area contributed by atoms with E-state index in [4.69, 9.17) is 0 Å². The van der Waals surface area contributed by atoms with Gasteiger partial charge in [0.1, 0.15) is 0 Å². The molecule has 1 unspecified atom stereocenters. The van der Waals surface area contributed by atoms with Crippen LogP contribution >= 0.6 is 0 Å². The summed E-state index contributed by atoms with van der Waals surface area (Å²) in [4.78, 5) is 23.9. The Morgan fingerprint density at radius 2 is 1.64 bits per heavy atom. The molecule has 2 aromatic carbocycles. The summed E-state index contributed by atoms with van der Waals surface area (Å²) in [7, 11) is 0. The Labute approximate surface area is 127 Å². The number of H-pyrrole nitrogens is 2. The van der Waals surface area contributed by atoms with Crippen LogP contribution in [0.25, 0.3) is 10.8 Å². The molecule has 1 atom stereocenters. The van der Waals surface area contributed by atoms with Crippen molar-refractivity contribution in [3.8, 4) is 0 Å². The number of aromatic amines is 2. The summed E-state index contributed by atoms with van der Waals surface area (Å²) in [5, 5.41) is 8.79. The number of rotatable bonds is 3. The molecule has 5 heteroatoms. The second kappa shape index (κ2) is 5.52. The molecule has 0 aliphatic rings. The summed E-state index contributed by atoms with van der Waals surface area (Å²) in [6.07, 6.45) is 0. The van der Waals surface area contributed by atoms with Gasteiger partial charge in [-0.2, -0.15) is 0 Å². The van der Waals surface area contributed by atoms with Crippen LogP contribution in [0.3, 0.4) is 0 Å². The summed E-state index contributed by atoms with van der Waals surface area (Å²) >= 11 is 0. The van der Waals surface area contributed by atoms with Gasteiger partial charge >= 0.3 is 0 Å². The zero-order valence-electron chi connectivity index (χ0n) is 12.4. The van der Waals surface area contributed by atoms with Crippen molar-refractivity contribution in [1.29, 1.82) is 0 Å². The number of anilines is 1. The maximum absolute atomic E-state index is 12.0. The third-order valence-electron chi connectivity index (χ3n) is 3.78. The molecule has 0 bridgehead atoms. The van der Waals surface area contributed by atoms with E-state index in [0.717, 1.165) is 5.56 Å². The van der Waals surface area contributed by atoms with E-state index in [-0.39, 0.29) is 17.2 Å². The molecule has 0 aliphatic heterocycles. The minimum Gasteiger partial charge on any atom is -0.378 e. The second-order valence-corrected chi connectivity index (χ2v) is 5.41. The zero-order chi connectivity index (χ0) is 15.7. The van der Waals surface area contributed by atoms with E-state index < -0.39 is 0 Å². The average molecular weight is 295 g/mol. The smallest absolute Gasteiger partial charge is 0.272 e. The number of aryl methyl sites for hydroxylation is 1. The summed E-state index contributed by atoms with van der Waals surface area (Å²) in [5.41, 5.74) is 2.35. The zero-order valence-corrected chi connectivity index (χ0v) is 12.4. The summed E-state index contributed by atoms with van der Waals surface area (Å²) in [5.74, 6) is 0. The van der Waals surface area contributed by atoms with Crippen molar-refractivity contribution in [3.05, 3.63) is 74.3 Å². The largest absolute Gasteiger partial charge is 0.378 e. The van der Waals surface area contributed by atoms with Crippen molar-refractivity contribution in [2.75, 3.05) is 5.32 Å². The highest BCUT2D eigenvalue weighted by molar-refractivity contribution is 5.92. The quantitative estimate of drug-likeness (QED) is 0.695. The van der Waals surface area contributed by atoms with E-state index >= 15 is 0 Å². The Bertz CT molecular complexity index is 923. The topological polar surface area (TPSA) is 77.8 Å². The number of hydrogen-bond donors (Lipinski definition) is 3. The van der Waals surface area contributed by atoms with Crippen LogP contribution in [0.15, 0.2) is 52.1 Å². The van der Waals surface area contributed by atoms with E-state index in [1.54, 1.807) is 12.1 Å². The molecular weight excluding hydrogens is 278 g/mol. The lowest BCUT2D eigenvalue weighted by Gasteiger charge is -2.17. The molecule has 0 spiro atoms. The molecule has 3 aromatic rings. The van der Waals surface area contributed by atoms with Crippen molar-refractivity contribution in [2.45, 2.75) is 19.9 Å². The Kier molecular flexibility index (Phi) is 3.55. The maximum atomic E-state index is 12.0. The highest BCUT2D eigenvalue weighted by atomic mass is 16.1. The lowest BCUT2D eigenvalue weighted by Crippen LogP contribution is -2.20. The Hall–Kier alpha value is -2.82. The molecular formula is C17H17N3O2. The van der Waals surface area contributed by atoms with Crippen LogP contribution in [0.1, 0.15) is 24.1 Å². The lowest BCUT2D eigenvalue weighted by atomic mass is 10.1. The van der Waals surface area contributed by atoms with E-state index in [0.29, 0.717) is 16.5 Å². The average Bonchev–Trinajstić information content (AvgIpc) is 2.52. The third kappa shape index (κ3) is 2.53. The molecule has 0 saturated heterocycles. The summed E-state index contributed by atoms with van der Waals surface area (Å²) in [6, 6.07) is 13.4. The number of hydrogen-bond acceptors (Lipinski definition) is 3. The van der Waals surface area contributed by atoms with E-state index in [1.807, 2.05) is 32.0 Å². The van der Waals surface area contributed by atoms with Gasteiger partial charge in [-0.3, -0.25) is 19.8 Å². The minimum absolute atomic E-state index is 0.0184. The van der Waals surface area contributed by atoms with Gasteiger partial charge in [-0.05, 0) is 31.5 Å². The predicted molar refractivity (Wildman–Crippen MR) is 88.4 cm³/mol. The molecule has 0 saturated carbocycles. The first-order valence-electron chi connectivity index (χ1n) is 7.13. The molecule has 0 fully saturated rings. The van der Waals surface area contributed by atoms with Crippen molar-refractivity contribution >= 4 is 16.5 Å². The van der Waals surface area contributed by atoms with Crippen LogP contribution in [0.2, 0.25) is 0 Å². The summed E-state index contributed by atoms with van der Waals surface area (Å²) in [6.45, 7) is 4.06. The molecule has 112 valence electrons. The van der Waals surface area contributed by atoms with Gasteiger partial charge in [0.2, 0.25) is 0 Å². The van der Waals surface area contributed by atoms with Gasteiger partial charge in [0, 0.05) is 11.7 Å². The molecule has 1 aromatic heterocycles. The fraction of sp³-hybridized carbons (Fsp3) is 0.176. The van der Waals surface area contributed by atoms with Crippen LogP contribution in [0.4, 0.5) is 5.69 Å². The molecule has 22 heavy (non-hydrogen) atoms. The molecule has 5 nitrogen and oxygen atoms in total. The molecule has 0 radical (unpaired) electrons. The van der Waals surface area contributed by atoms with Crippen molar-refractivity contribution in [2.24, 2.45) is 0 Å². The van der Waals surface area contributed by atoms with Gasteiger partial charge in [0.15, 0.2) is 0 Å². The highest BCUT2D eigenvalue weighted by Gasteiger charge is 2.11. The van der Waals surface area contributed by atoms with Crippen LogP contribution in [-0.4, -0.2) is 10.2 Å². The predicted octanol–water partition coefficient (Wildman–Crippen LogP) is 2.70. The summed E-state index contributed by atoms with van der Waals surface area (Å²) < 4.78 is 0. The van der Waals surface area contributed by atoms with Crippen molar-refractivity contribution in [3.63, 3.8) is 0 Å². The fourth-order valence-electron chi connectivity index (χ4n) is 2.52.